The Morgan fingerprint density at radius 2 is 1.75 bits per heavy atom. The van der Waals surface area contributed by atoms with Crippen LogP contribution in [0.3, 0.4) is 0 Å². The third-order valence-corrected chi connectivity index (χ3v) is 5.45. The largest absolute Gasteiger partial charge is 0.436 e. The fourth-order valence-electron chi connectivity index (χ4n) is 3.46. The number of hydrogen-bond donors (Lipinski definition) is 1. The number of carbonyl (C=O) groups is 1. The van der Waals surface area contributed by atoms with Crippen LogP contribution >= 0.6 is 11.6 Å². The third-order valence-electron chi connectivity index (χ3n) is 5.20. The minimum Gasteiger partial charge on any atom is -0.436 e. The first-order valence-corrected chi connectivity index (χ1v) is 10.9. The number of fused-ring (bicyclic) bond motifs is 1. The molecule has 6 heteroatoms. The Bertz CT molecular complexity index is 1240. The van der Waals surface area contributed by atoms with Crippen molar-refractivity contribution in [3.63, 3.8) is 0 Å². The van der Waals surface area contributed by atoms with Crippen LogP contribution in [0.25, 0.3) is 28.6 Å². The molecule has 0 aliphatic carbocycles. The van der Waals surface area contributed by atoms with Crippen LogP contribution < -0.4 is 10.2 Å². The fraction of sp³-hybridized carbons (Fsp3) is 0.154. The van der Waals surface area contributed by atoms with Crippen LogP contribution in [0.5, 0.6) is 0 Å². The van der Waals surface area contributed by atoms with E-state index in [4.69, 9.17) is 16.0 Å². The van der Waals surface area contributed by atoms with Gasteiger partial charge in [-0.1, -0.05) is 23.7 Å². The molecule has 0 saturated carbocycles. The van der Waals surface area contributed by atoms with Crippen molar-refractivity contribution >= 4 is 46.1 Å². The van der Waals surface area contributed by atoms with Gasteiger partial charge in [0.2, 0.25) is 11.8 Å². The molecule has 4 rings (SSSR count). The molecule has 1 N–H and O–H groups in total. The van der Waals surface area contributed by atoms with Gasteiger partial charge in [-0.25, -0.2) is 4.98 Å². The normalized spacial score (nSPS) is 11.2. The monoisotopic (exact) mass is 445 g/mol. The van der Waals surface area contributed by atoms with E-state index < -0.39 is 0 Å². The molecule has 0 atom stereocenters. The van der Waals surface area contributed by atoms with Crippen LogP contribution in [0.2, 0.25) is 5.02 Å². The van der Waals surface area contributed by atoms with E-state index in [-0.39, 0.29) is 5.91 Å². The zero-order valence-corrected chi connectivity index (χ0v) is 18.8. The summed E-state index contributed by atoms with van der Waals surface area (Å²) in [7, 11) is 0. The summed E-state index contributed by atoms with van der Waals surface area (Å²) in [6, 6.07) is 20.9. The topological polar surface area (TPSA) is 58.4 Å². The molecule has 162 valence electrons. The Morgan fingerprint density at radius 3 is 2.44 bits per heavy atom. The number of nitrogens with zero attached hydrogens (tertiary/aromatic N) is 2. The summed E-state index contributed by atoms with van der Waals surface area (Å²) < 4.78 is 5.92. The van der Waals surface area contributed by atoms with E-state index in [0.29, 0.717) is 27.7 Å². The fourth-order valence-corrected chi connectivity index (χ4v) is 3.59. The maximum Gasteiger partial charge on any atom is 0.248 e. The Hall–Kier alpha value is -3.57. The van der Waals surface area contributed by atoms with E-state index in [1.54, 1.807) is 30.3 Å². The Labute approximate surface area is 192 Å². The first kappa shape index (κ1) is 21.7. The maximum atomic E-state index is 12.3. The van der Waals surface area contributed by atoms with Gasteiger partial charge in [-0.2, -0.15) is 0 Å². The average Bonchev–Trinajstić information content (AvgIpc) is 3.23. The smallest absolute Gasteiger partial charge is 0.248 e. The number of rotatable bonds is 7. The van der Waals surface area contributed by atoms with Crippen LogP contribution in [-0.2, 0) is 4.79 Å². The van der Waals surface area contributed by atoms with Gasteiger partial charge in [-0.3, -0.25) is 4.79 Å². The Morgan fingerprint density at radius 1 is 1.03 bits per heavy atom. The number of halogens is 1. The maximum absolute atomic E-state index is 12.3. The first-order chi connectivity index (χ1) is 15.6. The highest BCUT2D eigenvalue weighted by atomic mass is 35.5. The molecule has 0 saturated heterocycles. The van der Waals surface area contributed by atoms with Gasteiger partial charge in [-0.05, 0) is 80.1 Å². The molecule has 1 aromatic heterocycles. The lowest BCUT2D eigenvalue weighted by atomic mass is 10.2. The first-order valence-electron chi connectivity index (χ1n) is 10.6. The van der Waals surface area contributed by atoms with Crippen molar-refractivity contribution in [2.45, 2.75) is 13.8 Å². The van der Waals surface area contributed by atoms with Gasteiger partial charge < -0.3 is 14.6 Å². The van der Waals surface area contributed by atoms with Crippen molar-refractivity contribution in [2.24, 2.45) is 0 Å². The summed E-state index contributed by atoms with van der Waals surface area (Å²) in [4.78, 5) is 19.2. The number of hydrogen-bond acceptors (Lipinski definition) is 4. The van der Waals surface area contributed by atoms with Gasteiger partial charge in [0.25, 0.3) is 0 Å². The lowest BCUT2D eigenvalue weighted by molar-refractivity contribution is -0.111. The molecule has 0 aliphatic rings. The van der Waals surface area contributed by atoms with Crippen molar-refractivity contribution in [3.8, 4) is 11.5 Å². The minimum atomic E-state index is -0.227. The molecule has 0 bridgehead atoms. The molecule has 1 heterocycles. The number of aromatic nitrogens is 1. The number of oxazole rings is 1. The van der Waals surface area contributed by atoms with Crippen molar-refractivity contribution in [1.29, 1.82) is 0 Å². The van der Waals surface area contributed by atoms with Crippen molar-refractivity contribution in [2.75, 3.05) is 23.3 Å². The molecule has 0 fully saturated rings. The van der Waals surface area contributed by atoms with E-state index in [2.05, 4.69) is 41.2 Å². The molecule has 32 heavy (non-hydrogen) atoms. The quantitative estimate of drug-likeness (QED) is 0.324. The summed E-state index contributed by atoms with van der Waals surface area (Å²) in [5, 5.41) is 3.52. The zero-order valence-electron chi connectivity index (χ0n) is 18.0. The van der Waals surface area contributed by atoms with Crippen LogP contribution in [0.1, 0.15) is 19.4 Å². The molecular formula is C26H24ClN3O2. The van der Waals surface area contributed by atoms with Crippen molar-refractivity contribution < 1.29 is 9.21 Å². The SMILES string of the molecule is CCN(CC)c1ccc(-c2nc3cc(NC(=O)C=Cc4ccc(Cl)cc4)ccc3o2)cc1. The van der Waals surface area contributed by atoms with Gasteiger partial charge in [0.15, 0.2) is 5.58 Å². The molecule has 4 aromatic rings. The van der Waals surface area contributed by atoms with E-state index in [9.17, 15) is 4.79 Å². The van der Waals surface area contributed by atoms with Crippen LogP contribution in [-0.4, -0.2) is 24.0 Å². The Balaban J connectivity index is 1.48. The predicted octanol–water partition coefficient (Wildman–Crippen LogP) is 6.65. The van der Waals surface area contributed by atoms with Gasteiger partial charge in [-0.15, -0.1) is 0 Å². The lowest BCUT2D eigenvalue weighted by Crippen LogP contribution is -2.21. The van der Waals surface area contributed by atoms with E-state index >= 15 is 0 Å². The second-order valence-electron chi connectivity index (χ2n) is 7.29. The van der Waals surface area contributed by atoms with Crippen LogP contribution in [0.15, 0.2) is 77.2 Å². The molecule has 3 aromatic carbocycles. The summed E-state index contributed by atoms with van der Waals surface area (Å²) in [5.74, 6) is 0.326. The van der Waals surface area contributed by atoms with Gasteiger partial charge in [0.1, 0.15) is 5.52 Å². The second kappa shape index (κ2) is 9.71. The van der Waals surface area contributed by atoms with E-state index in [1.807, 2.05) is 30.3 Å². The molecule has 5 nitrogen and oxygen atoms in total. The molecule has 0 unspecified atom stereocenters. The summed E-state index contributed by atoms with van der Waals surface area (Å²) in [5.41, 5.74) is 4.99. The van der Waals surface area contributed by atoms with Crippen molar-refractivity contribution in [1.82, 2.24) is 4.98 Å². The van der Waals surface area contributed by atoms with Gasteiger partial charge >= 0.3 is 0 Å². The molecular weight excluding hydrogens is 422 g/mol. The van der Waals surface area contributed by atoms with Crippen molar-refractivity contribution in [3.05, 3.63) is 83.4 Å². The number of nitrogens with one attached hydrogen (secondary N) is 1. The van der Waals surface area contributed by atoms with Gasteiger partial charge in [0.05, 0.1) is 0 Å². The van der Waals surface area contributed by atoms with E-state index in [0.717, 1.165) is 24.2 Å². The third kappa shape index (κ3) is 5.01. The summed E-state index contributed by atoms with van der Waals surface area (Å²) >= 11 is 5.88. The van der Waals surface area contributed by atoms with E-state index in [1.165, 1.54) is 11.8 Å². The molecule has 0 radical (unpaired) electrons. The second-order valence-corrected chi connectivity index (χ2v) is 7.73. The standard InChI is InChI=1S/C26H24ClN3O2/c1-3-30(4-2)22-13-8-19(9-14-22)26-29-23-17-21(12-15-24(23)32-26)28-25(31)16-7-18-5-10-20(27)11-6-18/h5-17H,3-4H2,1-2H3,(H,28,31). The number of anilines is 2. The Kier molecular flexibility index (Phi) is 6.57. The number of amides is 1. The molecule has 1 amide bonds. The molecule has 0 spiro atoms. The summed E-state index contributed by atoms with van der Waals surface area (Å²) in [6.45, 7) is 6.20. The number of benzene rings is 3. The number of carbonyl (C=O) groups excluding carboxylic acids is 1. The highest BCUT2D eigenvalue weighted by Gasteiger charge is 2.10. The van der Waals surface area contributed by atoms with Crippen LogP contribution in [0.4, 0.5) is 11.4 Å². The zero-order chi connectivity index (χ0) is 22.5. The molecule has 0 aliphatic heterocycles. The van der Waals surface area contributed by atoms with Gasteiger partial charge in [0, 0.05) is 41.1 Å². The average molecular weight is 446 g/mol. The predicted molar refractivity (Wildman–Crippen MR) is 132 cm³/mol. The van der Waals surface area contributed by atoms with Crippen LogP contribution in [0, 0.1) is 0 Å². The lowest BCUT2D eigenvalue weighted by Gasteiger charge is -2.20. The highest BCUT2D eigenvalue weighted by molar-refractivity contribution is 6.30. The minimum absolute atomic E-state index is 0.227. The highest BCUT2D eigenvalue weighted by Crippen LogP contribution is 2.28. The summed E-state index contributed by atoms with van der Waals surface area (Å²) in [6.07, 6.45) is 3.22.